The number of nitrogens with one attached hydrogen (secondary N) is 4. The minimum Gasteiger partial charge on any atom is -0.367 e. The Labute approximate surface area is 155 Å². The van der Waals surface area contributed by atoms with Gasteiger partial charge in [-0.25, -0.2) is 9.78 Å². The molecule has 9 nitrogen and oxygen atoms in total. The third kappa shape index (κ3) is 3.20. The highest BCUT2D eigenvalue weighted by molar-refractivity contribution is 6.14. The Morgan fingerprint density at radius 3 is 2.56 bits per heavy atom. The van der Waals surface area contributed by atoms with Crippen LogP contribution in [0.4, 0.5) is 16.4 Å². The van der Waals surface area contributed by atoms with Crippen LogP contribution in [0.2, 0.25) is 0 Å². The summed E-state index contributed by atoms with van der Waals surface area (Å²) in [5.74, 6) is 1.24. The zero-order valence-corrected chi connectivity index (χ0v) is 14.8. The molecule has 2 saturated carbocycles. The van der Waals surface area contributed by atoms with Gasteiger partial charge in [0, 0.05) is 23.7 Å². The molecule has 0 atom stereocenters. The van der Waals surface area contributed by atoms with Gasteiger partial charge >= 0.3 is 6.03 Å². The maximum absolute atomic E-state index is 11.8. The standard InChI is InChI=1S/C18H21N7O2/c26-17-13(22-18(27)24-17)7-10-9-19-25-15(21-12-5-6-12)8-14(23-16(10)25)20-11-3-1-2-4-11/h7-9,11-12,21H,1-6H2,(H,20,23)(H2,22,24,26,27). The maximum atomic E-state index is 11.8. The maximum Gasteiger partial charge on any atom is 0.326 e. The van der Waals surface area contributed by atoms with Crippen molar-refractivity contribution >= 4 is 35.3 Å². The lowest BCUT2D eigenvalue weighted by molar-refractivity contribution is -0.115. The molecule has 9 heteroatoms. The first kappa shape index (κ1) is 16.1. The van der Waals surface area contributed by atoms with E-state index in [-0.39, 0.29) is 5.70 Å². The predicted octanol–water partition coefficient (Wildman–Crippen LogP) is 1.84. The monoisotopic (exact) mass is 367 g/mol. The second-order valence-electron chi connectivity index (χ2n) is 7.37. The van der Waals surface area contributed by atoms with Crippen LogP contribution in [-0.4, -0.2) is 38.6 Å². The second-order valence-corrected chi connectivity index (χ2v) is 7.37. The number of fused-ring (bicyclic) bond motifs is 1. The molecule has 3 heterocycles. The lowest BCUT2D eigenvalue weighted by atomic mass is 10.2. The number of rotatable bonds is 5. The molecule has 2 aromatic rings. The highest BCUT2D eigenvalue weighted by Gasteiger charge is 2.25. The number of aromatic nitrogens is 3. The average molecular weight is 367 g/mol. The number of hydrogen-bond donors (Lipinski definition) is 4. The van der Waals surface area contributed by atoms with Crippen LogP contribution in [0, 0.1) is 0 Å². The summed E-state index contributed by atoms with van der Waals surface area (Å²) in [5, 5.41) is 16.2. The molecule has 1 aliphatic heterocycles. The minimum atomic E-state index is -0.518. The highest BCUT2D eigenvalue weighted by Crippen LogP contribution is 2.29. The number of imide groups is 1. The third-order valence-corrected chi connectivity index (χ3v) is 5.16. The van der Waals surface area contributed by atoms with E-state index in [1.807, 2.05) is 6.07 Å². The first-order valence-electron chi connectivity index (χ1n) is 9.41. The van der Waals surface area contributed by atoms with Gasteiger partial charge in [-0.1, -0.05) is 12.8 Å². The fraction of sp³-hybridized carbons (Fsp3) is 0.444. The highest BCUT2D eigenvalue weighted by atomic mass is 16.2. The van der Waals surface area contributed by atoms with Crippen LogP contribution in [0.25, 0.3) is 11.7 Å². The van der Waals surface area contributed by atoms with Crippen LogP contribution < -0.4 is 21.3 Å². The molecule has 2 aliphatic carbocycles. The quantitative estimate of drug-likeness (QED) is 0.474. The van der Waals surface area contributed by atoms with Gasteiger partial charge in [-0.05, 0) is 31.8 Å². The largest absolute Gasteiger partial charge is 0.367 e. The normalized spacial score (nSPS) is 21.7. The lowest BCUT2D eigenvalue weighted by Gasteiger charge is -2.15. The van der Waals surface area contributed by atoms with Gasteiger partial charge in [0.2, 0.25) is 0 Å². The van der Waals surface area contributed by atoms with E-state index in [0.717, 1.165) is 37.3 Å². The van der Waals surface area contributed by atoms with Crippen LogP contribution in [-0.2, 0) is 4.79 Å². The SMILES string of the molecule is O=C1NC(=O)C(=Cc2cnn3c(NC4CC4)cc(NC4CCCC4)nc23)N1. The minimum absolute atomic E-state index is 0.197. The van der Waals surface area contributed by atoms with E-state index >= 15 is 0 Å². The number of amides is 3. The number of carbonyl (C=O) groups is 2. The van der Waals surface area contributed by atoms with Crippen molar-refractivity contribution in [1.29, 1.82) is 0 Å². The summed E-state index contributed by atoms with van der Waals surface area (Å²) in [5.41, 5.74) is 1.52. The van der Waals surface area contributed by atoms with Crippen LogP contribution >= 0.6 is 0 Å². The van der Waals surface area contributed by atoms with Crippen molar-refractivity contribution < 1.29 is 9.59 Å². The summed E-state index contributed by atoms with van der Waals surface area (Å²) >= 11 is 0. The Bertz CT molecular complexity index is 954. The number of anilines is 2. The van der Waals surface area contributed by atoms with Gasteiger partial charge in [0.05, 0.1) is 6.20 Å². The Morgan fingerprint density at radius 1 is 1.07 bits per heavy atom. The molecule has 140 valence electrons. The number of hydrogen-bond acceptors (Lipinski definition) is 6. The van der Waals surface area contributed by atoms with Crippen molar-refractivity contribution in [2.45, 2.75) is 50.6 Å². The molecule has 4 N–H and O–H groups in total. The summed E-state index contributed by atoms with van der Waals surface area (Å²) in [6.07, 6.45) is 10.4. The molecule has 3 fully saturated rings. The summed E-state index contributed by atoms with van der Waals surface area (Å²) < 4.78 is 1.75. The molecule has 0 radical (unpaired) electrons. The molecule has 3 amide bonds. The van der Waals surface area contributed by atoms with E-state index in [4.69, 9.17) is 4.98 Å². The van der Waals surface area contributed by atoms with Crippen LogP contribution in [0.15, 0.2) is 18.0 Å². The van der Waals surface area contributed by atoms with Crippen molar-refractivity contribution in [3.8, 4) is 0 Å². The van der Waals surface area contributed by atoms with Crippen LogP contribution in [0.1, 0.15) is 44.1 Å². The molecule has 2 aromatic heterocycles. The fourth-order valence-corrected chi connectivity index (χ4v) is 3.61. The van der Waals surface area contributed by atoms with E-state index in [0.29, 0.717) is 23.3 Å². The van der Waals surface area contributed by atoms with E-state index in [9.17, 15) is 9.59 Å². The van der Waals surface area contributed by atoms with Crippen LogP contribution in [0.5, 0.6) is 0 Å². The Kier molecular flexibility index (Phi) is 3.73. The molecule has 0 spiro atoms. The summed E-state index contributed by atoms with van der Waals surface area (Å²) in [6.45, 7) is 0. The Hall–Kier alpha value is -3.10. The summed E-state index contributed by atoms with van der Waals surface area (Å²) in [7, 11) is 0. The molecule has 27 heavy (non-hydrogen) atoms. The van der Waals surface area contributed by atoms with Gasteiger partial charge in [-0.3, -0.25) is 10.1 Å². The van der Waals surface area contributed by atoms with Crippen molar-refractivity contribution in [1.82, 2.24) is 25.2 Å². The van der Waals surface area contributed by atoms with Gasteiger partial charge in [-0.2, -0.15) is 9.61 Å². The zero-order chi connectivity index (χ0) is 18.4. The first-order chi connectivity index (χ1) is 13.2. The van der Waals surface area contributed by atoms with E-state index < -0.39 is 11.9 Å². The van der Waals surface area contributed by atoms with Gasteiger partial charge in [0.15, 0.2) is 5.65 Å². The number of urea groups is 1. The first-order valence-corrected chi connectivity index (χ1v) is 9.41. The van der Waals surface area contributed by atoms with Crippen molar-refractivity contribution in [2.75, 3.05) is 10.6 Å². The molecule has 5 rings (SSSR count). The second kappa shape index (κ2) is 6.26. The molecule has 0 bridgehead atoms. The van der Waals surface area contributed by atoms with Gasteiger partial charge in [0.1, 0.15) is 17.3 Å². The lowest BCUT2D eigenvalue weighted by Crippen LogP contribution is -2.22. The fourth-order valence-electron chi connectivity index (χ4n) is 3.61. The summed E-state index contributed by atoms with van der Waals surface area (Å²) in [6, 6.07) is 2.40. The van der Waals surface area contributed by atoms with Gasteiger partial charge in [0.25, 0.3) is 5.91 Å². The predicted molar refractivity (Wildman–Crippen MR) is 100 cm³/mol. The van der Waals surface area contributed by atoms with E-state index in [2.05, 4.69) is 26.4 Å². The van der Waals surface area contributed by atoms with Crippen molar-refractivity contribution in [3.05, 3.63) is 23.5 Å². The Balaban J connectivity index is 1.54. The van der Waals surface area contributed by atoms with E-state index in [1.54, 1.807) is 16.8 Å². The smallest absolute Gasteiger partial charge is 0.326 e. The number of carbonyl (C=O) groups excluding carboxylic acids is 2. The van der Waals surface area contributed by atoms with Crippen LogP contribution in [0.3, 0.4) is 0 Å². The van der Waals surface area contributed by atoms with Crippen molar-refractivity contribution in [3.63, 3.8) is 0 Å². The molecule has 3 aliphatic rings. The molecule has 1 saturated heterocycles. The average Bonchev–Trinajstić information content (AvgIpc) is 3.01. The molecule has 0 aromatic carbocycles. The van der Waals surface area contributed by atoms with E-state index in [1.165, 1.54) is 12.8 Å². The molecular formula is C18H21N7O2. The van der Waals surface area contributed by atoms with Gasteiger partial charge < -0.3 is 16.0 Å². The number of nitrogens with zero attached hydrogens (tertiary/aromatic N) is 3. The molecule has 0 unspecified atom stereocenters. The topological polar surface area (TPSA) is 112 Å². The third-order valence-electron chi connectivity index (χ3n) is 5.16. The zero-order valence-electron chi connectivity index (χ0n) is 14.8. The Morgan fingerprint density at radius 2 is 1.85 bits per heavy atom. The molecular weight excluding hydrogens is 346 g/mol. The van der Waals surface area contributed by atoms with Crippen molar-refractivity contribution in [2.24, 2.45) is 0 Å². The summed E-state index contributed by atoms with van der Waals surface area (Å²) in [4.78, 5) is 27.9. The van der Waals surface area contributed by atoms with Gasteiger partial charge in [-0.15, -0.1) is 0 Å².